The number of aliphatic imine (C=N–C) groups is 1. The summed E-state index contributed by atoms with van der Waals surface area (Å²) in [6, 6.07) is 3.80. The summed E-state index contributed by atoms with van der Waals surface area (Å²) in [7, 11) is 4.82. The molecule has 0 aliphatic rings. The van der Waals surface area contributed by atoms with Crippen LogP contribution in [0.5, 0.6) is 17.2 Å². The fourth-order valence-corrected chi connectivity index (χ4v) is 2.95. The maximum Gasteiger partial charge on any atom is 0.203 e. The maximum atomic E-state index is 5.81. The molecule has 0 amide bonds. The van der Waals surface area contributed by atoms with E-state index in [9.17, 15) is 0 Å². The van der Waals surface area contributed by atoms with Gasteiger partial charge in [0, 0.05) is 25.3 Å². The molecule has 0 bridgehead atoms. The summed E-state index contributed by atoms with van der Waals surface area (Å²) in [5, 5.41) is 6.66. The van der Waals surface area contributed by atoms with Gasteiger partial charge in [-0.15, -0.1) is 0 Å². The van der Waals surface area contributed by atoms with Gasteiger partial charge in [-0.05, 0) is 38.3 Å². The topological polar surface area (TPSA) is 73.3 Å². The summed E-state index contributed by atoms with van der Waals surface area (Å²) in [5.41, 5.74) is 0.923. The number of ether oxygens (including phenoxy) is 4. The molecule has 2 N–H and O–H groups in total. The van der Waals surface area contributed by atoms with Gasteiger partial charge in [-0.3, -0.25) is 0 Å². The Kier molecular flexibility index (Phi) is 11.2. The Labute approximate surface area is 169 Å². The second-order valence-corrected chi connectivity index (χ2v) is 6.64. The molecule has 0 aliphatic carbocycles. The SMILES string of the molecule is CCNC(=NCc1ccc(OC)c(OC)c1OC)NCCC(OCC)C(C)C. The van der Waals surface area contributed by atoms with Crippen LogP contribution in [0.2, 0.25) is 0 Å². The van der Waals surface area contributed by atoms with E-state index in [2.05, 4.69) is 29.5 Å². The van der Waals surface area contributed by atoms with Gasteiger partial charge < -0.3 is 29.6 Å². The van der Waals surface area contributed by atoms with Crippen LogP contribution >= 0.6 is 0 Å². The predicted molar refractivity (Wildman–Crippen MR) is 114 cm³/mol. The number of hydrogen-bond donors (Lipinski definition) is 2. The average Bonchev–Trinajstić information content (AvgIpc) is 2.70. The molecule has 0 saturated carbocycles. The molecule has 1 rings (SSSR count). The molecule has 1 aromatic carbocycles. The fourth-order valence-electron chi connectivity index (χ4n) is 2.95. The van der Waals surface area contributed by atoms with Gasteiger partial charge in [-0.2, -0.15) is 0 Å². The lowest BCUT2D eigenvalue weighted by atomic mass is 10.0. The van der Waals surface area contributed by atoms with Crippen LogP contribution in [0.25, 0.3) is 0 Å². The van der Waals surface area contributed by atoms with Crippen LogP contribution in [0.1, 0.15) is 39.7 Å². The van der Waals surface area contributed by atoms with E-state index < -0.39 is 0 Å². The van der Waals surface area contributed by atoms with Crippen molar-refractivity contribution in [2.75, 3.05) is 41.0 Å². The predicted octanol–water partition coefficient (Wildman–Crippen LogP) is 3.22. The lowest BCUT2D eigenvalue weighted by Crippen LogP contribution is -2.39. The Balaban J connectivity index is 2.84. The second kappa shape index (κ2) is 13.1. The standard InChI is InChI=1S/C21H37N3O4/c1-8-22-21(23-13-12-17(15(3)4)28-9-2)24-14-16-10-11-18(25-5)20(27-7)19(16)26-6/h10-11,15,17H,8-9,12-14H2,1-7H3,(H2,22,23,24). The van der Waals surface area contributed by atoms with Gasteiger partial charge in [-0.1, -0.05) is 13.8 Å². The van der Waals surface area contributed by atoms with E-state index in [-0.39, 0.29) is 6.10 Å². The van der Waals surface area contributed by atoms with Crippen LogP contribution < -0.4 is 24.8 Å². The van der Waals surface area contributed by atoms with Crippen LogP contribution in [-0.2, 0) is 11.3 Å². The average molecular weight is 396 g/mol. The van der Waals surface area contributed by atoms with Gasteiger partial charge in [0.05, 0.1) is 34.0 Å². The van der Waals surface area contributed by atoms with Gasteiger partial charge in [0.1, 0.15) is 0 Å². The van der Waals surface area contributed by atoms with Crippen LogP contribution in [-0.4, -0.2) is 53.1 Å². The van der Waals surface area contributed by atoms with E-state index in [1.165, 1.54) is 0 Å². The van der Waals surface area contributed by atoms with Crippen LogP contribution in [0.4, 0.5) is 0 Å². The van der Waals surface area contributed by atoms with Crippen molar-refractivity contribution in [3.8, 4) is 17.2 Å². The molecular weight excluding hydrogens is 358 g/mol. The summed E-state index contributed by atoms with van der Waals surface area (Å²) < 4.78 is 22.1. The second-order valence-electron chi connectivity index (χ2n) is 6.64. The molecule has 28 heavy (non-hydrogen) atoms. The minimum atomic E-state index is 0.242. The quantitative estimate of drug-likeness (QED) is 0.418. The molecule has 1 atom stereocenters. The minimum absolute atomic E-state index is 0.242. The zero-order chi connectivity index (χ0) is 20.9. The minimum Gasteiger partial charge on any atom is -0.493 e. The molecule has 7 heteroatoms. The third-order valence-electron chi connectivity index (χ3n) is 4.38. The molecule has 0 radical (unpaired) electrons. The summed E-state index contributed by atoms with van der Waals surface area (Å²) in [4.78, 5) is 4.69. The Morgan fingerprint density at radius 3 is 2.25 bits per heavy atom. The normalized spacial score (nSPS) is 12.6. The summed E-state index contributed by atoms with van der Waals surface area (Å²) >= 11 is 0. The number of rotatable bonds is 12. The number of hydrogen-bond acceptors (Lipinski definition) is 5. The Morgan fingerprint density at radius 2 is 1.71 bits per heavy atom. The molecule has 7 nitrogen and oxygen atoms in total. The van der Waals surface area contributed by atoms with Gasteiger partial charge in [0.25, 0.3) is 0 Å². The van der Waals surface area contributed by atoms with E-state index in [4.69, 9.17) is 18.9 Å². The Morgan fingerprint density at radius 1 is 1.00 bits per heavy atom. The van der Waals surface area contributed by atoms with E-state index in [1.54, 1.807) is 21.3 Å². The molecule has 0 spiro atoms. The highest BCUT2D eigenvalue weighted by Crippen LogP contribution is 2.39. The molecule has 0 saturated heterocycles. The lowest BCUT2D eigenvalue weighted by Gasteiger charge is -2.21. The zero-order valence-corrected chi connectivity index (χ0v) is 18.4. The molecule has 160 valence electrons. The monoisotopic (exact) mass is 395 g/mol. The molecule has 1 unspecified atom stereocenters. The van der Waals surface area contributed by atoms with Crippen LogP contribution in [0.15, 0.2) is 17.1 Å². The Hall–Kier alpha value is -2.15. The van der Waals surface area contributed by atoms with Crippen molar-refractivity contribution in [1.29, 1.82) is 0 Å². The first-order valence-corrected chi connectivity index (χ1v) is 9.93. The summed E-state index contributed by atoms with van der Waals surface area (Å²) in [6.45, 7) is 11.2. The zero-order valence-electron chi connectivity index (χ0n) is 18.4. The highest BCUT2D eigenvalue weighted by atomic mass is 16.5. The molecule has 1 aromatic rings. The molecule has 0 aromatic heterocycles. The number of guanidine groups is 1. The first-order chi connectivity index (χ1) is 13.5. The molecule has 0 aliphatic heterocycles. The van der Waals surface area contributed by atoms with Crippen LogP contribution in [0, 0.1) is 5.92 Å². The van der Waals surface area contributed by atoms with Crippen molar-refractivity contribution in [3.05, 3.63) is 17.7 Å². The van der Waals surface area contributed by atoms with Gasteiger partial charge in [0.15, 0.2) is 17.5 Å². The fraction of sp³-hybridized carbons (Fsp3) is 0.667. The van der Waals surface area contributed by atoms with Crippen molar-refractivity contribution < 1.29 is 18.9 Å². The summed E-state index contributed by atoms with van der Waals surface area (Å²) in [6.07, 6.45) is 1.17. The van der Waals surface area contributed by atoms with Crippen molar-refractivity contribution in [2.24, 2.45) is 10.9 Å². The number of nitrogens with one attached hydrogen (secondary N) is 2. The summed E-state index contributed by atoms with van der Waals surface area (Å²) in [5.74, 6) is 3.09. The maximum absolute atomic E-state index is 5.81. The third kappa shape index (κ3) is 7.11. The van der Waals surface area contributed by atoms with Gasteiger partial charge in [-0.25, -0.2) is 4.99 Å². The largest absolute Gasteiger partial charge is 0.493 e. The molecular formula is C21H37N3O4. The van der Waals surface area contributed by atoms with Crippen molar-refractivity contribution in [3.63, 3.8) is 0 Å². The number of nitrogens with zero attached hydrogens (tertiary/aromatic N) is 1. The van der Waals surface area contributed by atoms with E-state index in [0.29, 0.717) is 29.7 Å². The lowest BCUT2D eigenvalue weighted by molar-refractivity contribution is 0.0258. The first kappa shape index (κ1) is 23.9. The van der Waals surface area contributed by atoms with Crippen LogP contribution in [0.3, 0.4) is 0 Å². The number of methoxy groups -OCH3 is 3. The smallest absolute Gasteiger partial charge is 0.203 e. The highest BCUT2D eigenvalue weighted by molar-refractivity contribution is 5.79. The Bertz CT molecular complexity index is 606. The van der Waals surface area contributed by atoms with Crippen molar-refractivity contribution in [1.82, 2.24) is 10.6 Å². The van der Waals surface area contributed by atoms with E-state index in [1.807, 2.05) is 26.0 Å². The van der Waals surface area contributed by atoms with Gasteiger partial charge >= 0.3 is 0 Å². The van der Waals surface area contributed by atoms with E-state index >= 15 is 0 Å². The number of benzene rings is 1. The third-order valence-corrected chi connectivity index (χ3v) is 4.38. The molecule has 0 heterocycles. The first-order valence-electron chi connectivity index (χ1n) is 9.93. The van der Waals surface area contributed by atoms with E-state index in [0.717, 1.165) is 37.6 Å². The molecule has 0 fully saturated rings. The van der Waals surface area contributed by atoms with Crippen molar-refractivity contribution in [2.45, 2.75) is 46.8 Å². The highest BCUT2D eigenvalue weighted by Gasteiger charge is 2.16. The van der Waals surface area contributed by atoms with Crippen molar-refractivity contribution >= 4 is 5.96 Å². The van der Waals surface area contributed by atoms with Gasteiger partial charge in [0.2, 0.25) is 5.75 Å².